The average molecular weight is 287 g/mol. The third kappa shape index (κ3) is 2.51. The SMILES string of the molecule is COC(=O)[C@@H]1[C@H]2C=C[C@@H](C2)N1C(=O)OCc1ccccc1. The van der Waals surface area contributed by atoms with E-state index in [-0.39, 0.29) is 24.5 Å². The van der Waals surface area contributed by atoms with Gasteiger partial charge >= 0.3 is 12.1 Å². The van der Waals surface area contributed by atoms with Crippen LogP contribution in [-0.2, 0) is 20.9 Å². The van der Waals surface area contributed by atoms with E-state index in [0.717, 1.165) is 12.0 Å². The minimum Gasteiger partial charge on any atom is -0.467 e. The molecule has 0 N–H and O–H groups in total. The van der Waals surface area contributed by atoms with Gasteiger partial charge in [-0.3, -0.25) is 4.90 Å². The van der Waals surface area contributed by atoms with Crippen LogP contribution in [0.1, 0.15) is 12.0 Å². The number of hydrogen-bond acceptors (Lipinski definition) is 4. The van der Waals surface area contributed by atoms with Crippen LogP contribution >= 0.6 is 0 Å². The Bertz CT molecular complexity index is 569. The molecule has 110 valence electrons. The van der Waals surface area contributed by atoms with E-state index in [4.69, 9.17) is 9.47 Å². The minimum atomic E-state index is -0.562. The molecule has 1 heterocycles. The van der Waals surface area contributed by atoms with Crippen LogP contribution in [0.15, 0.2) is 42.5 Å². The zero-order chi connectivity index (χ0) is 14.8. The highest BCUT2D eigenvalue weighted by molar-refractivity contribution is 5.84. The number of hydrogen-bond donors (Lipinski definition) is 0. The summed E-state index contributed by atoms with van der Waals surface area (Å²) in [7, 11) is 1.34. The summed E-state index contributed by atoms with van der Waals surface area (Å²) < 4.78 is 10.1. The molecule has 0 unspecified atom stereocenters. The third-order valence-corrected chi connectivity index (χ3v) is 4.02. The molecule has 1 aliphatic heterocycles. The first kappa shape index (κ1) is 13.7. The molecule has 0 radical (unpaired) electrons. The van der Waals surface area contributed by atoms with Crippen molar-refractivity contribution >= 4 is 12.1 Å². The van der Waals surface area contributed by atoms with E-state index in [1.807, 2.05) is 42.5 Å². The number of benzene rings is 1. The molecular weight excluding hydrogens is 270 g/mol. The van der Waals surface area contributed by atoms with Gasteiger partial charge in [0.25, 0.3) is 0 Å². The second-order valence-corrected chi connectivity index (χ2v) is 5.27. The van der Waals surface area contributed by atoms with Crippen molar-refractivity contribution in [3.05, 3.63) is 48.0 Å². The molecule has 0 aromatic heterocycles. The summed E-state index contributed by atoms with van der Waals surface area (Å²) >= 11 is 0. The van der Waals surface area contributed by atoms with Crippen LogP contribution in [0.3, 0.4) is 0 Å². The van der Waals surface area contributed by atoms with Crippen molar-refractivity contribution in [1.82, 2.24) is 4.90 Å². The minimum absolute atomic E-state index is 0.0340. The highest BCUT2D eigenvalue weighted by atomic mass is 16.6. The Morgan fingerprint density at radius 3 is 2.71 bits per heavy atom. The maximum Gasteiger partial charge on any atom is 0.411 e. The first-order valence-electron chi connectivity index (χ1n) is 6.96. The van der Waals surface area contributed by atoms with Crippen LogP contribution in [-0.4, -0.2) is 36.2 Å². The second-order valence-electron chi connectivity index (χ2n) is 5.27. The Morgan fingerprint density at radius 1 is 1.24 bits per heavy atom. The van der Waals surface area contributed by atoms with Crippen LogP contribution in [0, 0.1) is 5.92 Å². The van der Waals surface area contributed by atoms with Gasteiger partial charge in [-0.05, 0) is 12.0 Å². The lowest BCUT2D eigenvalue weighted by atomic mass is 10.0. The van der Waals surface area contributed by atoms with Crippen molar-refractivity contribution < 1.29 is 19.1 Å². The highest BCUT2D eigenvalue weighted by Gasteiger charge is 2.50. The maximum atomic E-state index is 12.3. The Hall–Kier alpha value is -2.30. The Labute approximate surface area is 123 Å². The van der Waals surface area contributed by atoms with Crippen molar-refractivity contribution in [2.75, 3.05) is 7.11 Å². The van der Waals surface area contributed by atoms with E-state index in [9.17, 15) is 9.59 Å². The van der Waals surface area contributed by atoms with Gasteiger partial charge in [0.15, 0.2) is 0 Å². The summed E-state index contributed by atoms with van der Waals surface area (Å²) in [4.78, 5) is 25.7. The standard InChI is InChI=1S/C16H17NO4/c1-20-15(18)14-12-7-8-13(9-12)17(14)16(19)21-10-11-5-3-2-4-6-11/h2-8,12-14H,9-10H2,1H3/t12-,13-,14-/m0/s1. The molecule has 2 bridgehead atoms. The molecule has 1 aromatic carbocycles. The molecule has 1 amide bonds. The zero-order valence-electron chi connectivity index (χ0n) is 11.8. The molecule has 21 heavy (non-hydrogen) atoms. The van der Waals surface area contributed by atoms with Crippen LogP contribution in [0.4, 0.5) is 4.79 Å². The molecule has 5 heteroatoms. The molecule has 1 fully saturated rings. The number of carbonyl (C=O) groups excluding carboxylic acids is 2. The Kier molecular flexibility index (Phi) is 3.64. The van der Waals surface area contributed by atoms with Gasteiger partial charge in [0.05, 0.1) is 13.2 Å². The summed E-state index contributed by atoms with van der Waals surface area (Å²) in [5.74, 6) is -0.352. The topological polar surface area (TPSA) is 55.8 Å². The Balaban J connectivity index is 1.68. The quantitative estimate of drug-likeness (QED) is 0.631. The second kappa shape index (κ2) is 5.60. The molecule has 2 aliphatic rings. The fourth-order valence-electron chi connectivity index (χ4n) is 3.01. The molecule has 1 aliphatic carbocycles. The molecule has 1 aromatic rings. The van der Waals surface area contributed by atoms with E-state index in [1.54, 1.807) is 0 Å². The number of rotatable bonds is 3. The predicted octanol–water partition coefficient (Wildman–Crippen LogP) is 2.13. The van der Waals surface area contributed by atoms with Gasteiger partial charge in [-0.1, -0.05) is 42.5 Å². The van der Waals surface area contributed by atoms with E-state index < -0.39 is 12.1 Å². The fraction of sp³-hybridized carbons (Fsp3) is 0.375. The van der Waals surface area contributed by atoms with Crippen LogP contribution in [0.2, 0.25) is 0 Å². The van der Waals surface area contributed by atoms with E-state index >= 15 is 0 Å². The first-order chi connectivity index (χ1) is 10.2. The van der Waals surface area contributed by atoms with Gasteiger partial charge in [0.2, 0.25) is 0 Å². The summed E-state index contributed by atoms with van der Waals surface area (Å²) in [6.45, 7) is 0.200. The van der Waals surface area contributed by atoms with E-state index in [0.29, 0.717) is 0 Å². The summed E-state index contributed by atoms with van der Waals surface area (Å²) in [6, 6.07) is 8.84. The molecule has 0 spiro atoms. The van der Waals surface area contributed by atoms with Gasteiger partial charge in [0.1, 0.15) is 12.6 Å². The van der Waals surface area contributed by atoms with E-state index in [1.165, 1.54) is 12.0 Å². The van der Waals surface area contributed by atoms with Gasteiger partial charge in [-0.2, -0.15) is 0 Å². The lowest BCUT2D eigenvalue weighted by Gasteiger charge is -2.29. The lowest BCUT2D eigenvalue weighted by Crippen LogP contribution is -2.48. The molecule has 5 nitrogen and oxygen atoms in total. The monoisotopic (exact) mass is 287 g/mol. The number of nitrogens with zero attached hydrogens (tertiary/aromatic N) is 1. The van der Waals surface area contributed by atoms with Gasteiger partial charge in [-0.15, -0.1) is 0 Å². The van der Waals surface area contributed by atoms with Crippen LogP contribution < -0.4 is 0 Å². The molecular formula is C16H17NO4. The number of esters is 1. The Morgan fingerprint density at radius 2 is 2.00 bits per heavy atom. The highest BCUT2D eigenvalue weighted by Crippen LogP contribution is 2.38. The first-order valence-corrected chi connectivity index (χ1v) is 6.96. The van der Waals surface area contributed by atoms with Crippen LogP contribution in [0.5, 0.6) is 0 Å². The normalized spacial score (nSPS) is 26.0. The number of amides is 1. The average Bonchev–Trinajstić information content (AvgIpc) is 3.13. The summed E-state index contributed by atoms with van der Waals surface area (Å²) in [5, 5.41) is 0. The summed E-state index contributed by atoms with van der Waals surface area (Å²) in [5.41, 5.74) is 0.917. The molecule has 3 rings (SSSR count). The maximum absolute atomic E-state index is 12.3. The fourth-order valence-corrected chi connectivity index (χ4v) is 3.01. The number of fused-ring (bicyclic) bond motifs is 2. The smallest absolute Gasteiger partial charge is 0.411 e. The number of methoxy groups -OCH3 is 1. The summed E-state index contributed by atoms with van der Waals surface area (Å²) in [6.07, 6.45) is 4.23. The van der Waals surface area contributed by atoms with Crippen molar-refractivity contribution in [3.63, 3.8) is 0 Å². The molecule has 0 saturated carbocycles. The number of likely N-dealkylation sites (tertiary alicyclic amines) is 1. The van der Waals surface area contributed by atoms with Crippen molar-refractivity contribution in [2.45, 2.75) is 25.1 Å². The largest absolute Gasteiger partial charge is 0.467 e. The predicted molar refractivity (Wildman–Crippen MR) is 75.3 cm³/mol. The van der Waals surface area contributed by atoms with Crippen molar-refractivity contribution in [3.8, 4) is 0 Å². The van der Waals surface area contributed by atoms with Crippen LogP contribution in [0.25, 0.3) is 0 Å². The van der Waals surface area contributed by atoms with Gasteiger partial charge < -0.3 is 9.47 Å². The third-order valence-electron chi connectivity index (χ3n) is 4.02. The van der Waals surface area contributed by atoms with Crippen molar-refractivity contribution in [1.29, 1.82) is 0 Å². The lowest BCUT2D eigenvalue weighted by molar-refractivity contribution is -0.146. The molecule has 1 saturated heterocycles. The van der Waals surface area contributed by atoms with Crippen molar-refractivity contribution in [2.24, 2.45) is 5.92 Å². The zero-order valence-corrected chi connectivity index (χ0v) is 11.8. The number of carbonyl (C=O) groups is 2. The number of ether oxygens (including phenoxy) is 2. The van der Waals surface area contributed by atoms with E-state index in [2.05, 4.69) is 0 Å². The van der Waals surface area contributed by atoms with Gasteiger partial charge in [-0.25, -0.2) is 9.59 Å². The molecule has 3 atom stereocenters. The van der Waals surface area contributed by atoms with Gasteiger partial charge in [0, 0.05) is 5.92 Å².